The second kappa shape index (κ2) is 5.89. The number of methoxy groups -OCH3 is 2. The van der Waals surface area contributed by atoms with Crippen LogP contribution in [0.25, 0.3) is 0 Å². The summed E-state index contributed by atoms with van der Waals surface area (Å²) >= 11 is 0. The van der Waals surface area contributed by atoms with Crippen molar-refractivity contribution in [3.05, 3.63) is 35.4 Å². The molecular formula is C13H20O2. The van der Waals surface area contributed by atoms with E-state index in [1.807, 2.05) is 0 Å². The van der Waals surface area contributed by atoms with Crippen LogP contribution in [0.5, 0.6) is 0 Å². The second-order valence-electron chi connectivity index (χ2n) is 4.14. The molecule has 0 aliphatic carbocycles. The predicted octanol–water partition coefficient (Wildman–Crippen LogP) is 3.18. The normalized spacial score (nSPS) is 11.3. The fraction of sp³-hybridized carbons (Fsp3) is 0.538. The van der Waals surface area contributed by atoms with Crippen LogP contribution in [0.2, 0.25) is 0 Å². The van der Waals surface area contributed by atoms with Gasteiger partial charge in [-0.25, -0.2) is 0 Å². The first-order valence-electron chi connectivity index (χ1n) is 5.31. The molecule has 0 spiro atoms. The topological polar surface area (TPSA) is 18.5 Å². The Morgan fingerprint density at radius 2 is 1.53 bits per heavy atom. The molecule has 0 aliphatic heterocycles. The zero-order chi connectivity index (χ0) is 11.3. The van der Waals surface area contributed by atoms with Gasteiger partial charge in [-0.2, -0.15) is 0 Å². The molecule has 0 aliphatic rings. The second-order valence-corrected chi connectivity index (χ2v) is 4.14. The summed E-state index contributed by atoms with van der Waals surface area (Å²) < 4.78 is 10.4. The van der Waals surface area contributed by atoms with E-state index in [0.717, 1.165) is 12.0 Å². The highest BCUT2D eigenvalue weighted by Gasteiger charge is 2.08. The average molecular weight is 208 g/mol. The monoisotopic (exact) mass is 208 g/mol. The highest BCUT2D eigenvalue weighted by Crippen LogP contribution is 2.18. The highest BCUT2D eigenvalue weighted by atomic mass is 16.7. The Labute approximate surface area is 92.2 Å². The molecular weight excluding hydrogens is 188 g/mol. The van der Waals surface area contributed by atoms with E-state index in [9.17, 15) is 0 Å². The Bertz CT molecular complexity index is 273. The minimum atomic E-state index is -0.252. The first-order chi connectivity index (χ1) is 7.17. The third-order valence-corrected chi connectivity index (χ3v) is 2.32. The Kier molecular flexibility index (Phi) is 4.79. The fourth-order valence-electron chi connectivity index (χ4n) is 1.65. The molecule has 2 heteroatoms. The number of rotatable bonds is 5. The molecule has 0 fully saturated rings. The SMILES string of the molecule is COC(OC)c1ccc(CC(C)C)cc1. The van der Waals surface area contributed by atoms with E-state index in [4.69, 9.17) is 9.47 Å². The molecule has 0 amide bonds. The summed E-state index contributed by atoms with van der Waals surface area (Å²) in [7, 11) is 3.30. The van der Waals surface area contributed by atoms with E-state index in [1.54, 1.807) is 14.2 Å². The molecule has 0 heterocycles. The first kappa shape index (κ1) is 12.2. The highest BCUT2D eigenvalue weighted by molar-refractivity contribution is 5.23. The number of hydrogen-bond donors (Lipinski definition) is 0. The van der Waals surface area contributed by atoms with Crippen LogP contribution >= 0.6 is 0 Å². The molecule has 0 atom stereocenters. The molecule has 0 saturated carbocycles. The van der Waals surface area contributed by atoms with Gasteiger partial charge in [0.15, 0.2) is 6.29 Å². The summed E-state index contributed by atoms with van der Waals surface area (Å²) in [5, 5.41) is 0. The van der Waals surface area contributed by atoms with Crippen molar-refractivity contribution in [2.24, 2.45) is 5.92 Å². The van der Waals surface area contributed by atoms with Crippen molar-refractivity contribution in [1.29, 1.82) is 0 Å². The zero-order valence-electron chi connectivity index (χ0n) is 9.99. The molecule has 0 aromatic heterocycles. The van der Waals surface area contributed by atoms with E-state index in [1.165, 1.54) is 5.56 Å². The van der Waals surface area contributed by atoms with Crippen molar-refractivity contribution in [1.82, 2.24) is 0 Å². The van der Waals surface area contributed by atoms with E-state index < -0.39 is 0 Å². The van der Waals surface area contributed by atoms with Crippen molar-refractivity contribution in [2.75, 3.05) is 14.2 Å². The summed E-state index contributed by atoms with van der Waals surface area (Å²) in [6.45, 7) is 4.45. The summed E-state index contributed by atoms with van der Waals surface area (Å²) in [4.78, 5) is 0. The van der Waals surface area contributed by atoms with E-state index in [2.05, 4.69) is 38.1 Å². The molecule has 0 radical (unpaired) electrons. The molecule has 0 bridgehead atoms. The first-order valence-corrected chi connectivity index (χ1v) is 5.31. The van der Waals surface area contributed by atoms with E-state index in [-0.39, 0.29) is 6.29 Å². The third-order valence-electron chi connectivity index (χ3n) is 2.32. The quantitative estimate of drug-likeness (QED) is 0.692. The molecule has 0 unspecified atom stereocenters. The average Bonchev–Trinajstić information content (AvgIpc) is 2.21. The minimum Gasteiger partial charge on any atom is -0.352 e. The van der Waals surface area contributed by atoms with Crippen LogP contribution in [-0.4, -0.2) is 14.2 Å². The van der Waals surface area contributed by atoms with Crippen molar-refractivity contribution in [2.45, 2.75) is 26.6 Å². The van der Waals surface area contributed by atoms with Crippen LogP contribution in [0.4, 0.5) is 0 Å². The van der Waals surface area contributed by atoms with E-state index >= 15 is 0 Å². The Morgan fingerprint density at radius 1 is 1.00 bits per heavy atom. The van der Waals surface area contributed by atoms with Crippen LogP contribution in [0.1, 0.15) is 31.3 Å². The maximum atomic E-state index is 5.18. The number of benzene rings is 1. The molecule has 1 aromatic rings. The smallest absolute Gasteiger partial charge is 0.183 e. The van der Waals surface area contributed by atoms with Crippen molar-refractivity contribution >= 4 is 0 Å². The standard InChI is InChI=1S/C13H20O2/c1-10(2)9-11-5-7-12(8-6-11)13(14-3)15-4/h5-8,10,13H,9H2,1-4H3. The van der Waals surface area contributed by atoms with Crippen LogP contribution < -0.4 is 0 Å². The van der Waals surface area contributed by atoms with Crippen LogP contribution in [-0.2, 0) is 15.9 Å². The number of ether oxygens (including phenoxy) is 2. The lowest BCUT2D eigenvalue weighted by Gasteiger charge is -2.14. The molecule has 1 rings (SSSR count). The van der Waals surface area contributed by atoms with Gasteiger partial charge in [-0.1, -0.05) is 38.1 Å². The van der Waals surface area contributed by atoms with Gasteiger partial charge in [0.25, 0.3) is 0 Å². The molecule has 84 valence electrons. The van der Waals surface area contributed by atoms with Gasteiger partial charge in [0.05, 0.1) is 0 Å². The van der Waals surface area contributed by atoms with Crippen molar-refractivity contribution in [3.63, 3.8) is 0 Å². The van der Waals surface area contributed by atoms with Gasteiger partial charge in [0.1, 0.15) is 0 Å². The van der Waals surface area contributed by atoms with Crippen LogP contribution in [0.15, 0.2) is 24.3 Å². The van der Waals surface area contributed by atoms with E-state index in [0.29, 0.717) is 5.92 Å². The number of hydrogen-bond acceptors (Lipinski definition) is 2. The summed E-state index contributed by atoms with van der Waals surface area (Å²) in [5.74, 6) is 0.691. The minimum absolute atomic E-state index is 0.252. The van der Waals surface area contributed by atoms with Gasteiger partial charge in [-0.15, -0.1) is 0 Å². The zero-order valence-corrected chi connectivity index (χ0v) is 9.99. The lowest BCUT2D eigenvalue weighted by molar-refractivity contribution is -0.106. The summed E-state index contributed by atoms with van der Waals surface area (Å²) in [5.41, 5.74) is 2.42. The Balaban J connectivity index is 2.71. The van der Waals surface area contributed by atoms with Crippen LogP contribution in [0.3, 0.4) is 0 Å². The maximum Gasteiger partial charge on any atom is 0.183 e. The fourth-order valence-corrected chi connectivity index (χ4v) is 1.65. The van der Waals surface area contributed by atoms with Gasteiger partial charge in [-0.05, 0) is 17.9 Å². The Morgan fingerprint density at radius 3 is 1.93 bits per heavy atom. The molecule has 1 aromatic carbocycles. The van der Waals surface area contributed by atoms with Gasteiger partial charge < -0.3 is 9.47 Å². The van der Waals surface area contributed by atoms with Crippen molar-refractivity contribution < 1.29 is 9.47 Å². The van der Waals surface area contributed by atoms with Crippen LogP contribution in [0, 0.1) is 5.92 Å². The van der Waals surface area contributed by atoms with Gasteiger partial charge in [0.2, 0.25) is 0 Å². The molecule has 2 nitrogen and oxygen atoms in total. The largest absolute Gasteiger partial charge is 0.352 e. The summed E-state index contributed by atoms with van der Waals surface area (Å²) in [6, 6.07) is 8.41. The van der Waals surface area contributed by atoms with Gasteiger partial charge >= 0.3 is 0 Å². The van der Waals surface area contributed by atoms with Crippen molar-refractivity contribution in [3.8, 4) is 0 Å². The summed E-state index contributed by atoms with van der Waals surface area (Å²) in [6.07, 6.45) is 0.864. The van der Waals surface area contributed by atoms with Gasteiger partial charge in [-0.3, -0.25) is 0 Å². The maximum absolute atomic E-state index is 5.18. The molecule has 0 N–H and O–H groups in total. The lowest BCUT2D eigenvalue weighted by atomic mass is 10.0. The third kappa shape index (κ3) is 3.65. The molecule has 15 heavy (non-hydrogen) atoms. The van der Waals surface area contributed by atoms with Gasteiger partial charge in [0, 0.05) is 19.8 Å². The predicted molar refractivity (Wildman–Crippen MR) is 61.7 cm³/mol. The lowest BCUT2D eigenvalue weighted by Crippen LogP contribution is -2.03. The molecule has 0 saturated heterocycles. The Hall–Kier alpha value is -0.860.